The summed E-state index contributed by atoms with van der Waals surface area (Å²) in [5.41, 5.74) is 1.87. The summed E-state index contributed by atoms with van der Waals surface area (Å²) in [4.78, 5) is 16.5. The molecule has 0 spiro atoms. The first-order chi connectivity index (χ1) is 11.8. The van der Waals surface area contributed by atoms with Gasteiger partial charge in [-0.1, -0.05) is 32.9 Å². The minimum absolute atomic E-state index is 0.0899. The number of fused-ring (bicyclic) bond motifs is 1. The van der Waals surface area contributed by atoms with E-state index < -0.39 is 6.10 Å². The third-order valence-corrected chi connectivity index (χ3v) is 4.90. The normalized spacial score (nSPS) is 13.1. The number of hydrogen-bond acceptors (Lipinski definition) is 5. The molecular formula is C19H22N2O3S. The zero-order chi connectivity index (χ0) is 18.0. The molecule has 6 heteroatoms. The lowest BCUT2D eigenvalue weighted by atomic mass is 9.87. The first kappa shape index (κ1) is 17.6. The van der Waals surface area contributed by atoms with Crippen molar-refractivity contribution >= 4 is 21.6 Å². The smallest absolute Gasteiger partial charge is 0.271 e. The van der Waals surface area contributed by atoms with Gasteiger partial charge in [0.15, 0.2) is 0 Å². The van der Waals surface area contributed by atoms with E-state index in [1.54, 1.807) is 0 Å². The fourth-order valence-electron chi connectivity index (χ4n) is 2.53. The highest BCUT2D eigenvalue weighted by atomic mass is 32.1. The number of nitrogens with zero attached hydrogens (tertiary/aromatic N) is 2. The Morgan fingerprint density at radius 2 is 1.96 bits per heavy atom. The molecule has 0 bridgehead atoms. The molecule has 25 heavy (non-hydrogen) atoms. The van der Waals surface area contributed by atoms with Gasteiger partial charge in [0.25, 0.3) is 5.56 Å². The maximum Gasteiger partial charge on any atom is 0.271 e. The molecular weight excluding hydrogens is 336 g/mol. The van der Waals surface area contributed by atoms with Crippen LogP contribution in [0.1, 0.15) is 26.3 Å². The third-order valence-electron chi connectivity index (χ3n) is 4.01. The maximum absolute atomic E-state index is 12.3. The molecule has 1 atom stereocenters. The van der Waals surface area contributed by atoms with Gasteiger partial charge in [0.2, 0.25) is 0 Å². The van der Waals surface area contributed by atoms with Gasteiger partial charge in [-0.25, -0.2) is 4.98 Å². The Balaban J connectivity index is 1.61. The van der Waals surface area contributed by atoms with E-state index in [4.69, 9.17) is 4.74 Å². The number of thiophene rings is 1. The van der Waals surface area contributed by atoms with Crippen LogP contribution in [0.25, 0.3) is 10.2 Å². The number of aromatic nitrogens is 2. The fraction of sp³-hybridized carbons (Fsp3) is 0.368. The van der Waals surface area contributed by atoms with Gasteiger partial charge in [0.1, 0.15) is 23.2 Å². The van der Waals surface area contributed by atoms with Crippen LogP contribution in [0, 0.1) is 0 Å². The second-order valence-corrected chi connectivity index (χ2v) is 7.99. The summed E-state index contributed by atoms with van der Waals surface area (Å²) in [5.74, 6) is 0.700. The van der Waals surface area contributed by atoms with Crippen molar-refractivity contribution in [1.29, 1.82) is 0 Å². The standard InChI is InChI=1S/C19H22N2O3S/c1-19(2,3)13-4-6-15(7-5-13)24-11-14(22)10-21-12-20-16-8-9-25-17(16)18(21)23/h4-9,12,14,22H,10-11H2,1-3H3. The highest BCUT2D eigenvalue weighted by Crippen LogP contribution is 2.24. The molecule has 0 aliphatic carbocycles. The Morgan fingerprint density at radius 1 is 1.24 bits per heavy atom. The van der Waals surface area contributed by atoms with Crippen molar-refractivity contribution in [1.82, 2.24) is 9.55 Å². The van der Waals surface area contributed by atoms with Gasteiger partial charge >= 0.3 is 0 Å². The molecule has 0 radical (unpaired) electrons. The largest absolute Gasteiger partial charge is 0.491 e. The van der Waals surface area contributed by atoms with E-state index in [0.717, 1.165) is 0 Å². The monoisotopic (exact) mass is 358 g/mol. The van der Waals surface area contributed by atoms with Crippen molar-refractivity contribution in [2.24, 2.45) is 0 Å². The van der Waals surface area contributed by atoms with E-state index in [1.165, 1.54) is 27.8 Å². The Bertz CT molecular complexity index is 907. The van der Waals surface area contributed by atoms with Crippen LogP contribution in [-0.2, 0) is 12.0 Å². The molecule has 0 saturated carbocycles. The molecule has 2 aromatic heterocycles. The summed E-state index contributed by atoms with van der Waals surface area (Å²) in [5, 5.41) is 12.0. The van der Waals surface area contributed by atoms with Crippen molar-refractivity contribution in [3.63, 3.8) is 0 Å². The number of ether oxygens (including phenoxy) is 1. The van der Waals surface area contributed by atoms with Crippen LogP contribution in [0.2, 0.25) is 0 Å². The first-order valence-electron chi connectivity index (χ1n) is 8.18. The lowest BCUT2D eigenvalue weighted by Crippen LogP contribution is -2.30. The van der Waals surface area contributed by atoms with Crippen molar-refractivity contribution in [3.8, 4) is 5.75 Å². The number of aliphatic hydroxyl groups excluding tert-OH is 1. The Morgan fingerprint density at radius 3 is 2.64 bits per heavy atom. The van der Waals surface area contributed by atoms with Crippen LogP contribution in [0.3, 0.4) is 0 Å². The molecule has 1 unspecified atom stereocenters. The number of hydrogen-bond donors (Lipinski definition) is 1. The van der Waals surface area contributed by atoms with Crippen LogP contribution < -0.4 is 10.3 Å². The number of rotatable bonds is 5. The van der Waals surface area contributed by atoms with Gasteiger partial charge in [-0.2, -0.15) is 0 Å². The summed E-state index contributed by atoms with van der Waals surface area (Å²) in [6.07, 6.45) is 0.679. The molecule has 0 amide bonds. The summed E-state index contributed by atoms with van der Waals surface area (Å²) < 4.78 is 7.67. The Labute approximate surface area is 150 Å². The Hall–Kier alpha value is -2.18. The molecule has 5 nitrogen and oxygen atoms in total. The van der Waals surface area contributed by atoms with E-state index >= 15 is 0 Å². The van der Waals surface area contributed by atoms with Crippen molar-refractivity contribution in [2.75, 3.05) is 6.61 Å². The summed E-state index contributed by atoms with van der Waals surface area (Å²) in [6, 6.07) is 9.67. The highest BCUT2D eigenvalue weighted by Gasteiger charge is 2.14. The molecule has 132 valence electrons. The zero-order valence-electron chi connectivity index (χ0n) is 14.6. The average molecular weight is 358 g/mol. The molecule has 2 heterocycles. The maximum atomic E-state index is 12.3. The molecule has 0 fully saturated rings. The quantitative estimate of drug-likeness (QED) is 0.761. The van der Waals surface area contributed by atoms with Crippen LogP contribution in [0.4, 0.5) is 0 Å². The van der Waals surface area contributed by atoms with Gasteiger partial charge in [-0.15, -0.1) is 11.3 Å². The fourth-order valence-corrected chi connectivity index (χ4v) is 3.32. The third kappa shape index (κ3) is 4.08. The van der Waals surface area contributed by atoms with Crippen LogP contribution in [0.15, 0.2) is 46.8 Å². The van der Waals surface area contributed by atoms with Gasteiger partial charge in [0.05, 0.1) is 18.4 Å². The van der Waals surface area contributed by atoms with Gasteiger partial charge < -0.3 is 9.84 Å². The lowest BCUT2D eigenvalue weighted by molar-refractivity contribution is 0.0915. The molecule has 0 saturated heterocycles. The summed E-state index contributed by atoms with van der Waals surface area (Å²) in [7, 11) is 0. The van der Waals surface area contributed by atoms with Gasteiger partial charge in [-0.05, 0) is 34.6 Å². The SMILES string of the molecule is CC(C)(C)c1ccc(OCC(O)Cn2cnc3ccsc3c2=O)cc1. The second-order valence-electron chi connectivity index (χ2n) is 7.08. The zero-order valence-corrected chi connectivity index (χ0v) is 15.4. The van der Waals surface area contributed by atoms with Crippen molar-refractivity contribution in [3.05, 3.63) is 58.0 Å². The van der Waals surface area contributed by atoms with Gasteiger partial charge in [0, 0.05) is 0 Å². The molecule has 1 aromatic carbocycles. The molecule has 0 aliphatic heterocycles. The lowest BCUT2D eigenvalue weighted by Gasteiger charge is -2.19. The molecule has 0 aliphatic rings. The molecule has 1 N–H and O–H groups in total. The minimum atomic E-state index is -0.792. The van der Waals surface area contributed by atoms with E-state index in [-0.39, 0.29) is 24.1 Å². The second kappa shape index (κ2) is 6.98. The van der Waals surface area contributed by atoms with E-state index in [1.807, 2.05) is 35.7 Å². The first-order valence-corrected chi connectivity index (χ1v) is 9.06. The van der Waals surface area contributed by atoms with E-state index in [2.05, 4.69) is 25.8 Å². The van der Waals surface area contributed by atoms with Crippen molar-refractivity contribution in [2.45, 2.75) is 38.8 Å². The van der Waals surface area contributed by atoms with Crippen LogP contribution in [0.5, 0.6) is 5.75 Å². The Kier molecular flexibility index (Phi) is 4.92. The number of aliphatic hydroxyl groups is 1. The summed E-state index contributed by atoms with van der Waals surface area (Å²) in [6.45, 7) is 6.73. The van der Waals surface area contributed by atoms with E-state index in [0.29, 0.717) is 16.0 Å². The molecule has 3 rings (SSSR count). The predicted octanol–water partition coefficient (Wildman–Crippen LogP) is 3.20. The highest BCUT2D eigenvalue weighted by molar-refractivity contribution is 7.17. The van der Waals surface area contributed by atoms with Gasteiger partial charge in [-0.3, -0.25) is 9.36 Å². The van der Waals surface area contributed by atoms with Crippen LogP contribution >= 0.6 is 11.3 Å². The average Bonchev–Trinajstić information content (AvgIpc) is 3.05. The number of benzene rings is 1. The topological polar surface area (TPSA) is 64.3 Å². The van der Waals surface area contributed by atoms with Crippen molar-refractivity contribution < 1.29 is 9.84 Å². The van der Waals surface area contributed by atoms with Crippen LogP contribution in [-0.4, -0.2) is 27.4 Å². The molecule has 3 aromatic rings. The van der Waals surface area contributed by atoms with E-state index in [9.17, 15) is 9.90 Å². The summed E-state index contributed by atoms with van der Waals surface area (Å²) >= 11 is 1.36. The predicted molar refractivity (Wildman–Crippen MR) is 101 cm³/mol. The minimum Gasteiger partial charge on any atom is -0.491 e.